The van der Waals surface area contributed by atoms with E-state index in [2.05, 4.69) is 51.9 Å². The van der Waals surface area contributed by atoms with Gasteiger partial charge in [-0.05, 0) is 60.7 Å². The second-order valence-corrected chi connectivity index (χ2v) is 20.5. The van der Waals surface area contributed by atoms with Crippen LogP contribution in [0.1, 0.15) is 0 Å². The fraction of sp³-hybridized carbons (Fsp3) is 0.242. The molecule has 0 amide bonds. The van der Waals surface area contributed by atoms with Gasteiger partial charge >= 0.3 is 26.8 Å². The molecule has 0 heterocycles. The molecule has 0 aromatic heterocycles. The number of methoxy groups -OCH3 is 1. The van der Waals surface area contributed by atoms with Crippen LogP contribution >= 0.6 is 0 Å². The third-order valence-corrected chi connectivity index (χ3v) is 14.5. The van der Waals surface area contributed by atoms with E-state index < -0.39 is 115 Å². The van der Waals surface area contributed by atoms with Gasteiger partial charge in [0.1, 0.15) is 33.3 Å². The van der Waals surface area contributed by atoms with E-state index in [-0.39, 0.29) is 31.7 Å². The van der Waals surface area contributed by atoms with Gasteiger partial charge in [-0.2, -0.15) is 40.6 Å². The van der Waals surface area contributed by atoms with E-state index in [1.165, 1.54) is 48.5 Å². The molecule has 30 heteroatoms. The Morgan fingerprint density at radius 2 is 1.10 bits per heavy atom. The van der Waals surface area contributed by atoms with Crippen LogP contribution in [0.4, 0.5) is 17.1 Å². The number of benzene rings is 3. The normalized spacial score (nSPS) is 15.2. The number of nitrogens with one attached hydrogen (secondary N) is 2. The number of carbonyl (C=O) groups is 1. The van der Waals surface area contributed by atoms with Crippen molar-refractivity contribution in [2.75, 3.05) is 58.6 Å². The van der Waals surface area contributed by atoms with Crippen LogP contribution in [0.15, 0.2) is 136 Å². The first-order valence-corrected chi connectivity index (χ1v) is 24.4. The number of hydrazone groups is 1. The molecule has 63 heavy (non-hydrogen) atoms. The maximum absolute atomic E-state index is 13.4. The van der Waals surface area contributed by atoms with Crippen LogP contribution in [0.3, 0.4) is 0 Å². The number of nitrogens with two attached hydrogens (primary N) is 1. The van der Waals surface area contributed by atoms with Crippen LogP contribution in [0.5, 0.6) is 0 Å². The molecule has 1 aliphatic carbocycles. The van der Waals surface area contributed by atoms with Crippen molar-refractivity contribution in [3.8, 4) is 0 Å². The zero-order chi connectivity index (χ0) is 46.8. The summed E-state index contributed by atoms with van der Waals surface area (Å²) in [5, 5.41) is 29.3. The van der Waals surface area contributed by atoms with Gasteiger partial charge < -0.3 is 10.5 Å². The number of carbonyl (C=O) groups excluding carboxylic acids is 1. The largest absolute Gasteiger partial charge is 0.465 e. The first-order valence-electron chi connectivity index (χ1n) is 17.1. The molecule has 0 saturated carbocycles. The molecule has 0 spiro atoms. The second-order valence-electron chi connectivity index (χ2n) is 11.9. The van der Waals surface area contributed by atoms with Crippen LogP contribution in [-0.2, 0) is 81.0 Å². The molecular weight excluding hydrogens is 941 g/mol. The quantitative estimate of drug-likeness (QED) is 0.0453. The van der Waals surface area contributed by atoms with Crippen molar-refractivity contribution >= 4 is 85.0 Å². The lowest BCUT2D eigenvalue weighted by atomic mass is 9.93. The summed E-state index contributed by atoms with van der Waals surface area (Å²) in [6, 6.07) is 14.7. The Morgan fingerprint density at radius 1 is 0.635 bits per heavy atom. The SMILES string of the molecule is COC(=O)C1=C(/N=N/c2ccc(S(=O)(=O)CCOS(=O)(=O)OC)cc2)C(N)=C(/N=N/c2ccc(S(=O)(=O)CCOS(=O)(=O)OC)cc2)C(=N)/C1=N\Nc1ccccc1S(=O)(=O)OC. The highest BCUT2D eigenvalue weighted by Crippen LogP contribution is 2.31. The molecule has 4 rings (SSSR count). The predicted octanol–water partition coefficient (Wildman–Crippen LogP) is 2.35. The van der Waals surface area contributed by atoms with Gasteiger partial charge in [-0.25, -0.2) is 30.0 Å². The molecule has 340 valence electrons. The lowest BCUT2D eigenvalue weighted by Crippen LogP contribution is -2.32. The van der Waals surface area contributed by atoms with Gasteiger partial charge in [0, 0.05) is 0 Å². The Bertz CT molecular complexity index is 2970. The molecule has 0 bridgehead atoms. The molecule has 3 aromatic carbocycles. The topological polar surface area (TPSA) is 367 Å². The third kappa shape index (κ3) is 12.9. The van der Waals surface area contributed by atoms with Gasteiger partial charge in [0.2, 0.25) is 0 Å². The number of hydrogen-bond acceptors (Lipinski definition) is 25. The molecule has 0 atom stereocenters. The van der Waals surface area contributed by atoms with E-state index in [1.54, 1.807) is 0 Å². The fourth-order valence-electron chi connectivity index (χ4n) is 4.81. The van der Waals surface area contributed by atoms with Gasteiger partial charge in [-0.1, -0.05) is 12.1 Å². The molecule has 0 aliphatic heterocycles. The molecule has 0 radical (unpaired) electrons. The molecule has 0 fully saturated rings. The van der Waals surface area contributed by atoms with Crippen molar-refractivity contribution in [3.05, 3.63) is 95.5 Å². The number of nitrogens with zero attached hydrogens (tertiary/aromatic N) is 5. The molecule has 4 N–H and O–H groups in total. The van der Waals surface area contributed by atoms with Crippen LogP contribution in [0, 0.1) is 5.41 Å². The highest BCUT2D eigenvalue weighted by molar-refractivity contribution is 7.91. The summed E-state index contributed by atoms with van der Waals surface area (Å²) in [4.78, 5) is 12.5. The Morgan fingerprint density at radius 3 is 1.54 bits per heavy atom. The van der Waals surface area contributed by atoms with Crippen molar-refractivity contribution in [1.82, 2.24) is 0 Å². The second kappa shape index (κ2) is 20.7. The maximum Gasteiger partial charge on any atom is 0.399 e. The number of para-hydroxylation sites is 1. The van der Waals surface area contributed by atoms with Crippen LogP contribution in [0.2, 0.25) is 0 Å². The average molecular weight is 977 g/mol. The van der Waals surface area contributed by atoms with Gasteiger partial charge in [-0.3, -0.25) is 23.4 Å². The Kier molecular flexibility index (Phi) is 16.4. The van der Waals surface area contributed by atoms with Gasteiger partial charge in [0.05, 0.1) is 85.7 Å². The summed E-state index contributed by atoms with van der Waals surface area (Å²) in [7, 11) is -17.6. The number of hydrogen-bond donors (Lipinski definition) is 3. The van der Waals surface area contributed by atoms with Gasteiger partial charge in [-0.15, -0.1) is 10.2 Å². The summed E-state index contributed by atoms with van der Waals surface area (Å²) in [5.41, 5.74) is 5.43. The van der Waals surface area contributed by atoms with E-state index in [1.807, 2.05) is 0 Å². The summed E-state index contributed by atoms with van der Waals surface area (Å²) in [5.74, 6) is -2.63. The number of esters is 1. The van der Waals surface area contributed by atoms with Crippen LogP contribution < -0.4 is 11.2 Å². The van der Waals surface area contributed by atoms with Crippen LogP contribution in [0.25, 0.3) is 0 Å². The Balaban J connectivity index is 1.78. The van der Waals surface area contributed by atoms with E-state index >= 15 is 0 Å². The molecule has 25 nitrogen and oxygen atoms in total. The minimum Gasteiger partial charge on any atom is -0.465 e. The van der Waals surface area contributed by atoms with Gasteiger partial charge in [0.15, 0.2) is 19.7 Å². The zero-order valence-electron chi connectivity index (χ0n) is 33.1. The van der Waals surface area contributed by atoms with E-state index in [0.717, 1.165) is 52.7 Å². The standard InChI is InChI=1S/C33H36N8O17S5/c1-53-33(42)27-30(39-36-21-9-13-23(14-10-21)59(43,44)19-17-57-62(49,50)55-3)28(34)32(29(35)31(27)40-38-25-7-5-6-8-26(25)61(47,48)54-2)41-37-22-11-15-24(16-12-22)60(45,46)20-18-58-63(51,52)56-4/h5-16,35,38H,17-20,34H2,1-4H3/b35-29?,39-36+,40-31-,41-37+. The van der Waals surface area contributed by atoms with Crippen molar-refractivity contribution in [1.29, 1.82) is 5.41 Å². The first kappa shape index (κ1) is 50.0. The minimum atomic E-state index is -4.39. The van der Waals surface area contributed by atoms with Gasteiger partial charge in [0.25, 0.3) is 10.1 Å². The highest BCUT2D eigenvalue weighted by atomic mass is 32.3. The van der Waals surface area contributed by atoms with Crippen molar-refractivity contribution < 1.29 is 72.5 Å². The zero-order valence-corrected chi connectivity index (χ0v) is 37.1. The molecule has 3 aromatic rings. The number of anilines is 1. The number of azo groups is 2. The predicted molar refractivity (Wildman–Crippen MR) is 219 cm³/mol. The highest BCUT2D eigenvalue weighted by Gasteiger charge is 2.36. The lowest BCUT2D eigenvalue weighted by molar-refractivity contribution is -0.135. The molecule has 0 unspecified atom stereocenters. The monoisotopic (exact) mass is 976 g/mol. The summed E-state index contributed by atoms with van der Waals surface area (Å²) in [6.45, 7) is -1.48. The first-order chi connectivity index (χ1) is 29.5. The fourth-order valence-corrected chi connectivity index (χ4v) is 8.77. The molecular formula is C33H36N8O17S5. The van der Waals surface area contributed by atoms with Crippen molar-refractivity contribution in [2.24, 2.45) is 31.3 Å². The summed E-state index contributed by atoms with van der Waals surface area (Å²) in [6.07, 6.45) is 0. The van der Waals surface area contributed by atoms with E-state index in [9.17, 15) is 46.9 Å². The summed E-state index contributed by atoms with van der Waals surface area (Å²) < 4.78 is 149. The van der Waals surface area contributed by atoms with E-state index in [0.29, 0.717) is 0 Å². The average Bonchev–Trinajstić information content (AvgIpc) is 3.25. The number of allylic oxidation sites excluding steroid dienone is 1. The van der Waals surface area contributed by atoms with Crippen molar-refractivity contribution in [2.45, 2.75) is 14.7 Å². The Labute approximate surface area is 361 Å². The molecule has 1 aliphatic rings. The molecule has 0 saturated heterocycles. The van der Waals surface area contributed by atoms with E-state index in [4.69, 9.17) is 15.9 Å². The number of rotatable bonds is 21. The van der Waals surface area contributed by atoms with Crippen molar-refractivity contribution in [3.63, 3.8) is 0 Å². The maximum atomic E-state index is 13.4. The lowest BCUT2D eigenvalue weighted by Gasteiger charge is -2.20. The summed E-state index contributed by atoms with van der Waals surface area (Å²) >= 11 is 0. The Hall–Kier alpha value is -5.70. The number of sulfone groups is 2. The van der Waals surface area contributed by atoms with Crippen LogP contribution in [-0.4, -0.2) is 113 Å². The third-order valence-electron chi connectivity index (χ3n) is 8.00. The minimum absolute atomic E-state index is 0.00317. The smallest absolute Gasteiger partial charge is 0.399 e. The number of ether oxygens (including phenoxy) is 1.